The number of hydrogen-bond donors (Lipinski definition) is 3. The summed E-state index contributed by atoms with van der Waals surface area (Å²) in [5.41, 5.74) is 6.16. The van der Waals surface area contributed by atoms with Crippen LogP contribution in [-0.2, 0) is 9.36 Å². The molecule has 0 fully saturated rings. The van der Waals surface area contributed by atoms with Crippen molar-refractivity contribution in [1.29, 1.82) is 0 Å². The molecule has 0 aromatic heterocycles. The molecule has 0 spiro atoms. The lowest BCUT2D eigenvalue weighted by molar-refractivity contribution is -0.138. The Bertz CT molecular complexity index is 391. The number of nitrogens with two attached hydrogens (primary N) is 1. The summed E-state index contributed by atoms with van der Waals surface area (Å²) < 4.78 is 11.6. The molecule has 0 saturated carbocycles. The third-order valence-corrected chi connectivity index (χ3v) is 4.49. The maximum Gasteiger partial charge on any atom is 0.377 e. The molecule has 0 aliphatic heterocycles. The normalized spacial score (nSPS) is 26.3. The van der Waals surface area contributed by atoms with Crippen LogP contribution in [0.25, 0.3) is 0 Å². The number of aliphatic carboxylic acids is 1. The Morgan fingerprint density at radius 2 is 2.35 bits per heavy atom. The second-order valence-corrected chi connectivity index (χ2v) is 6.20. The Morgan fingerprint density at radius 3 is 2.76 bits per heavy atom. The van der Waals surface area contributed by atoms with Crippen molar-refractivity contribution in [2.75, 3.05) is 6.16 Å². The summed E-state index contributed by atoms with van der Waals surface area (Å²) in [5.74, 6) is -1.06. The van der Waals surface area contributed by atoms with Gasteiger partial charge >= 0.3 is 13.8 Å². The lowest BCUT2D eigenvalue weighted by Crippen LogP contribution is -2.31. The van der Waals surface area contributed by atoms with Crippen molar-refractivity contribution in [3.8, 4) is 0 Å². The second kappa shape index (κ2) is 5.54. The molecule has 0 amide bonds. The molecule has 0 radical (unpaired) electrons. The van der Waals surface area contributed by atoms with E-state index in [0.29, 0.717) is 6.16 Å². The first kappa shape index (κ1) is 14.0. The lowest BCUT2D eigenvalue weighted by Gasteiger charge is -2.17. The standard InChI is InChI=1S/C11H16NO4P/c1-2-17(16)11(15)5-3-8(4-6-11)7-9(12)10(13)14/h3-5,9,15H,2,6-7,12H2,1H3/p+1/t9-,11?/m0/s1. The largest absolute Gasteiger partial charge is 0.480 e. The Labute approximate surface area is 101 Å². The van der Waals surface area contributed by atoms with Gasteiger partial charge in [-0.05, 0) is 25.0 Å². The minimum Gasteiger partial charge on any atom is -0.480 e. The van der Waals surface area contributed by atoms with E-state index in [4.69, 9.17) is 10.8 Å². The van der Waals surface area contributed by atoms with E-state index in [1.54, 1.807) is 19.1 Å². The number of allylic oxidation sites excluding steroid dienone is 1. The molecular weight excluding hydrogens is 241 g/mol. The third-order valence-electron chi connectivity index (χ3n) is 2.72. The van der Waals surface area contributed by atoms with Crippen LogP contribution < -0.4 is 5.73 Å². The fraction of sp³-hybridized carbons (Fsp3) is 0.545. The summed E-state index contributed by atoms with van der Waals surface area (Å²) in [7, 11) is -1.70. The number of hydrogen-bond acceptors (Lipinski definition) is 4. The van der Waals surface area contributed by atoms with Crippen LogP contribution in [0.3, 0.4) is 0 Å². The molecule has 3 atom stereocenters. The Balaban J connectivity index is 2.66. The van der Waals surface area contributed by atoms with Crippen LogP contribution in [0.4, 0.5) is 0 Å². The van der Waals surface area contributed by atoms with Gasteiger partial charge in [-0.15, -0.1) is 0 Å². The van der Waals surface area contributed by atoms with Gasteiger partial charge in [-0.25, -0.2) is 0 Å². The molecule has 0 heterocycles. The lowest BCUT2D eigenvalue weighted by atomic mass is 9.99. The molecule has 1 aliphatic rings. The van der Waals surface area contributed by atoms with Crippen LogP contribution in [0.1, 0.15) is 19.8 Å². The van der Waals surface area contributed by atoms with Gasteiger partial charge in [-0.2, -0.15) is 0 Å². The molecule has 1 rings (SSSR count). The zero-order valence-electron chi connectivity index (χ0n) is 9.67. The monoisotopic (exact) mass is 258 g/mol. The number of aliphatic hydroxyl groups is 1. The second-order valence-electron chi connectivity index (χ2n) is 4.04. The van der Waals surface area contributed by atoms with Gasteiger partial charge in [0.15, 0.2) is 0 Å². The van der Waals surface area contributed by atoms with E-state index in [-0.39, 0.29) is 12.8 Å². The first-order chi connectivity index (χ1) is 7.89. The predicted octanol–water partition coefficient (Wildman–Crippen LogP) is 1.21. The van der Waals surface area contributed by atoms with Gasteiger partial charge in [0.2, 0.25) is 0 Å². The third kappa shape index (κ3) is 3.46. The van der Waals surface area contributed by atoms with Crippen molar-refractivity contribution >= 4 is 13.8 Å². The molecule has 6 heteroatoms. The molecule has 0 bridgehead atoms. The average molecular weight is 258 g/mol. The minimum absolute atomic E-state index is 0.213. The van der Waals surface area contributed by atoms with Crippen LogP contribution in [0.15, 0.2) is 23.8 Å². The Morgan fingerprint density at radius 1 is 1.71 bits per heavy atom. The zero-order chi connectivity index (χ0) is 13.1. The van der Waals surface area contributed by atoms with Crippen molar-refractivity contribution in [1.82, 2.24) is 0 Å². The highest BCUT2D eigenvalue weighted by Crippen LogP contribution is 2.43. The van der Waals surface area contributed by atoms with Gasteiger partial charge in [0.1, 0.15) is 12.2 Å². The molecule has 5 nitrogen and oxygen atoms in total. The summed E-state index contributed by atoms with van der Waals surface area (Å²) in [6.07, 6.45) is 5.66. The van der Waals surface area contributed by atoms with Crippen molar-refractivity contribution in [2.24, 2.45) is 5.73 Å². The predicted molar refractivity (Wildman–Crippen MR) is 65.2 cm³/mol. The molecule has 0 saturated heterocycles. The van der Waals surface area contributed by atoms with E-state index in [1.807, 2.05) is 0 Å². The van der Waals surface area contributed by atoms with E-state index in [0.717, 1.165) is 5.57 Å². The van der Waals surface area contributed by atoms with Gasteiger partial charge in [0.25, 0.3) is 5.34 Å². The van der Waals surface area contributed by atoms with E-state index in [1.165, 1.54) is 6.08 Å². The SMILES string of the molecule is CC[P+](=O)C1(O)C=CC(C[C@H](N)C(=O)O)=CC1. The highest BCUT2D eigenvalue weighted by molar-refractivity contribution is 7.46. The molecule has 0 aromatic carbocycles. The van der Waals surface area contributed by atoms with Crippen molar-refractivity contribution < 1.29 is 19.6 Å². The molecule has 17 heavy (non-hydrogen) atoms. The average Bonchev–Trinajstić information content (AvgIpc) is 2.31. The molecule has 0 aromatic rings. The van der Waals surface area contributed by atoms with Gasteiger partial charge in [-0.3, -0.25) is 4.79 Å². The van der Waals surface area contributed by atoms with E-state index >= 15 is 0 Å². The van der Waals surface area contributed by atoms with Crippen molar-refractivity contribution in [2.45, 2.75) is 31.1 Å². The number of carboxylic acid groups (broad SMARTS) is 1. The maximum atomic E-state index is 11.6. The van der Waals surface area contributed by atoms with Gasteiger partial charge in [0, 0.05) is 6.42 Å². The van der Waals surface area contributed by atoms with Crippen LogP contribution in [-0.4, -0.2) is 33.7 Å². The summed E-state index contributed by atoms with van der Waals surface area (Å²) in [6, 6.07) is -0.947. The van der Waals surface area contributed by atoms with E-state index in [9.17, 15) is 14.5 Å². The summed E-state index contributed by atoms with van der Waals surface area (Å²) in [6.45, 7) is 1.75. The van der Waals surface area contributed by atoms with E-state index in [2.05, 4.69) is 0 Å². The highest BCUT2D eigenvalue weighted by atomic mass is 31.1. The number of rotatable bonds is 5. The number of carbonyl (C=O) groups is 1. The first-order valence-corrected chi connectivity index (χ1v) is 6.87. The summed E-state index contributed by atoms with van der Waals surface area (Å²) in [5, 5.41) is 17.4. The van der Waals surface area contributed by atoms with Gasteiger partial charge < -0.3 is 15.9 Å². The molecule has 2 unspecified atom stereocenters. The van der Waals surface area contributed by atoms with Gasteiger partial charge in [-0.1, -0.05) is 16.7 Å². The topological polar surface area (TPSA) is 101 Å². The minimum atomic E-state index is -1.70. The van der Waals surface area contributed by atoms with Crippen molar-refractivity contribution in [3.05, 3.63) is 23.8 Å². The van der Waals surface area contributed by atoms with Crippen molar-refractivity contribution in [3.63, 3.8) is 0 Å². The fourth-order valence-corrected chi connectivity index (χ4v) is 2.69. The van der Waals surface area contributed by atoms with Crippen LogP contribution in [0, 0.1) is 0 Å². The van der Waals surface area contributed by atoms with Gasteiger partial charge in [0.05, 0.1) is 0 Å². The smallest absolute Gasteiger partial charge is 0.377 e. The Kier molecular flexibility index (Phi) is 4.57. The van der Waals surface area contributed by atoms with Crippen LogP contribution in [0.2, 0.25) is 0 Å². The maximum absolute atomic E-state index is 11.6. The molecule has 94 valence electrons. The highest BCUT2D eigenvalue weighted by Gasteiger charge is 2.43. The molecule has 1 aliphatic carbocycles. The molecular formula is C11H17NO4P+. The Hall–Kier alpha value is -1.03. The quantitative estimate of drug-likeness (QED) is 0.643. The first-order valence-electron chi connectivity index (χ1n) is 5.43. The molecule has 4 N–H and O–H groups in total. The van der Waals surface area contributed by atoms with Crippen LogP contribution in [0.5, 0.6) is 0 Å². The van der Waals surface area contributed by atoms with Crippen LogP contribution >= 0.6 is 7.80 Å². The fourth-order valence-electron chi connectivity index (χ4n) is 1.61. The summed E-state index contributed by atoms with van der Waals surface area (Å²) in [4.78, 5) is 10.6. The summed E-state index contributed by atoms with van der Waals surface area (Å²) >= 11 is 0. The van der Waals surface area contributed by atoms with E-state index < -0.39 is 25.2 Å². The number of carboxylic acids is 1. The zero-order valence-corrected chi connectivity index (χ0v) is 10.6.